The molecule has 17 heavy (non-hydrogen) atoms. The monoisotopic (exact) mass is 248 g/mol. The number of benzene rings is 1. The highest BCUT2D eigenvalue weighted by Gasteiger charge is 2.42. The van der Waals surface area contributed by atoms with Crippen LogP contribution in [0, 0.1) is 5.92 Å². The van der Waals surface area contributed by atoms with Gasteiger partial charge in [-0.3, -0.25) is 0 Å². The van der Waals surface area contributed by atoms with E-state index in [-0.39, 0.29) is 5.60 Å². The molecule has 0 radical (unpaired) electrons. The molecule has 2 rings (SSSR count). The molecule has 1 aliphatic rings. The number of hydrogen-bond donors (Lipinski definition) is 0. The first-order chi connectivity index (χ1) is 7.94. The predicted molar refractivity (Wildman–Crippen MR) is 76.5 cm³/mol. The molecule has 1 nitrogen and oxygen atoms in total. The molecule has 2 heteroatoms. The molecular formula is C15H24OSi. The van der Waals surface area contributed by atoms with Gasteiger partial charge in [0.2, 0.25) is 0 Å². The normalized spacial score (nSPS) is 29.5. The fourth-order valence-corrected chi connectivity index (χ4v) is 6.52. The molecule has 1 aromatic rings. The summed E-state index contributed by atoms with van der Waals surface area (Å²) in [5, 5.41) is 1.55. The van der Waals surface area contributed by atoms with Crippen molar-refractivity contribution in [1.29, 1.82) is 0 Å². The second kappa shape index (κ2) is 4.58. The molecule has 0 unspecified atom stereocenters. The van der Waals surface area contributed by atoms with Crippen LogP contribution in [0.25, 0.3) is 0 Å². The summed E-state index contributed by atoms with van der Waals surface area (Å²) in [4.78, 5) is 0. The van der Waals surface area contributed by atoms with Crippen LogP contribution in [-0.4, -0.2) is 20.3 Å². The van der Waals surface area contributed by atoms with Crippen molar-refractivity contribution in [2.24, 2.45) is 5.92 Å². The summed E-state index contributed by atoms with van der Waals surface area (Å²) in [6, 6.07) is 12.2. The van der Waals surface area contributed by atoms with E-state index < -0.39 is 8.07 Å². The van der Waals surface area contributed by atoms with E-state index in [2.05, 4.69) is 57.3 Å². The van der Waals surface area contributed by atoms with Crippen LogP contribution in [0.15, 0.2) is 30.3 Å². The van der Waals surface area contributed by atoms with Crippen LogP contribution >= 0.6 is 0 Å². The van der Waals surface area contributed by atoms with Crippen molar-refractivity contribution in [3.63, 3.8) is 0 Å². The van der Waals surface area contributed by atoms with E-state index >= 15 is 0 Å². The second-order valence-corrected chi connectivity index (χ2v) is 11.0. The maximum Gasteiger partial charge on any atom is 0.0834 e. The van der Waals surface area contributed by atoms with Crippen LogP contribution in [0.5, 0.6) is 0 Å². The van der Waals surface area contributed by atoms with Gasteiger partial charge in [-0.2, -0.15) is 0 Å². The lowest BCUT2D eigenvalue weighted by atomic mass is 9.93. The molecule has 2 atom stereocenters. The van der Waals surface area contributed by atoms with Crippen molar-refractivity contribution in [2.75, 3.05) is 6.61 Å². The highest BCUT2D eigenvalue weighted by atomic mass is 28.3. The van der Waals surface area contributed by atoms with E-state index in [1.807, 2.05) is 0 Å². The van der Waals surface area contributed by atoms with Gasteiger partial charge in [0.15, 0.2) is 0 Å². The third-order valence-corrected chi connectivity index (χ3v) is 7.86. The van der Waals surface area contributed by atoms with E-state index in [1.54, 1.807) is 5.19 Å². The molecule has 0 spiro atoms. The van der Waals surface area contributed by atoms with E-state index in [1.165, 1.54) is 12.5 Å². The van der Waals surface area contributed by atoms with E-state index in [4.69, 9.17) is 4.74 Å². The second-order valence-electron chi connectivity index (χ2n) is 6.28. The minimum absolute atomic E-state index is 0.103. The maximum atomic E-state index is 6.04. The van der Waals surface area contributed by atoms with Crippen LogP contribution in [0.4, 0.5) is 0 Å². The Labute approximate surface area is 106 Å². The zero-order valence-corrected chi connectivity index (χ0v) is 12.5. The van der Waals surface area contributed by atoms with Gasteiger partial charge in [0, 0.05) is 6.61 Å². The summed E-state index contributed by atoms with van der Waals surface area (Å²) < 4.78 is 6.04. The van der Waals surface area contributed by atoms with Crippen molar-refractivity contribution in [2.45, 2.75) is 45.0 Å². The fourth-order valence-electron chi connectivity index (χ4n) is 3.01. The molecule has 0 aromatic heterocycles. The number of hydrogen-bond acceptors (Lipinski definition) is 1. The lowest BCUT2D eigenvalue weighted by molar-refractivity contribution is 0.0144. The lowest BCUT2D eigenvalue weighted by Crippen LogP contribution is -2.49. The average Bonchev–Trinajstić information content (AvgIpc) is 2.59. The Kier molecular flexibility index (Phi) is 3.46. The Balaban J connectivity index is 2.17. The SMILES string of the molecule is C[C@@H]1CCO[C@]1(C)C[Si](C)(C)c1ccccc1. The first-order valence-corrected chi connectivity index (χ1v) is 9.84. The number of rotatable bonds is 3. The zero-order valence-electron chi connectivity index (χ0n) is 11.5. The molecule has 1 saturated heterocycles. The van der Waals surface area contributed by atoms with Crippen LogP contribution in [0.2, 0.25) is 19.1 Å². The van der Waals surface area contributed by atoms with Gasteiger partial charge in [0.25, 0.3) is 0 Å². The molecule has 1 fully saturated rings. The largest absolute Gasteiger partial charge is 0.375 e. The molecule has 0 saturated carbocycles. The van der Waals surface area contributed by atoms with E-state index in [9.17, 15) is 0 Å². The minimum Gasteiger partial charge on any atom is -0.375 e. The highest BCUT2D eigenvalue weighted by Crippen LogP contribution is 2.38. The zero-order chi connectivity index (χ0) is 12.5. The van der Waals surface area contributed by atoms with Gasteiger partial charge in [-0.25, -0.2) is 0 Å². The van der Waals surface area contributed by atoms with Crippen molar-refractivity contribution in [1.82, 2.24) is 0 Å². The van der Waals surface area contributed by atoms with Crippen LogP contribution in [0.3, 0.4) is 0 Å². The molecule has 1 heterocycles. The first kappa shape index (κ1) is 12.8. The van der Waals surface area contributed by atoms with Crippen molar-refractivity contribution in [3.8, 4) is 0 Å². The first-order valence-electron chi connectivity index (χ1n) is 6.63. The van der Waals surface area contributed by atoms with Gasteiger partial charge in [0.05, 0.1) is 13.7 Å². The van der Waals surface area contributed by atoms with Crippen molar-refractivity contribution in [3.05, 3.63) is 30.3 Å². The Morgan fingerprint density at radius 1 is 1.29 bits per heavy atom. The summed E-state index contributed by atoms with van der Waals surface area (Å²) in [6.07, 6.45) is 1.22. The van der Waals surface area contributed by atoms with Gasteiger partial charge >= 0.3 is 0 Å². The Bertz CT molecular complexity index is 374. The van der Waals surface area contributed by atoms with Gasteiger partial charge in [-0.15, -0.1) is 0 Å². The van der Waals surface area contributed by atoms with Crippen molar-refractivity contribution >= 4 is 13.3 Å². The smallest absolute Gasteiger partial charge is 0.0834 e. The molecule has 1 aliphatic heterocycles. The Hall–Kier alpha value is -0.603. The third-order valence-electron chi connectivity index (χ3n) is 4.37. The molecule has 0 aliphatic carbocycles. The van der Waals surface area contributed by atoms with E-state index in [0.717, 1.165) is 6.61 Å². The topological polar surface area (TPSA) is 9.23 Å². The van der Waals surface area contributed by atoms with Crippen LogP contribution < -0.4 is 5.19 Å². The standard InChI is InChI=1S/C15H24OSi/c1-13-10-11-16-15(13,2)12-17(3,4)14-8-6-5-7-9-14/h5-9,13H,10-12H2,1-4H3/t13-,15-/m1/s1. The molecule has 0 amide bonds. The average molecular weight is 248 g/mol. The predicted octanol–water partition coefficient (Wildman–Crippen LogP) is 3.42. The summed E-state index contributed by atoms with van der Waals surface area (Å²) in [7, 11) is -1.38. The van der Waals surface area contributed by atoms with Crippen molar-refractivity contribution < 1.29 is 4.74 Å². The molecular weight excluding hydrogens is 224 g/mol. The maximum absolute atomic E-state index is 6.04. The Morgan fingerprint density at radius 3 is 2.47 bits per heavy atom. The van der Waals surface area contributed by atoms with Crippen LogP contribution in [-0.2, 0) is 4.74 Å². The van der Waals surface area contributed by atoms with E-state index in [0.29, 0.717) is 5.92 Å². The summed E-state index contributed by atoms with van der Waals surface area (Å²) in [5.74, 6) is 0.693. The fraction of sp³-hybridized carbons (Fsp3) is 0.600. The van der Waals surface area contributed by atoms with Gasteiger partial charge < -0.3 is 4.74 Å². The Morgan fingerprint density at radius 2 is 1.94 bits per heavy atom. The van der Waals surface area contributed by atoms with Gasteiger partial charge in [0.1, 0.15) is 0 Å². The summed E-state index contributed by atoms with van der Waals surface area (Å²) in [5.41, 5.74) is 0.103. The number of ether oxygens (including phenoxy) is 1. The van der Waals surface area contributed by atoms with Crippen LogP contribution in [0.1, 0.15) is 20.3 Å². The van der Waals surface area contributed by atoms with Gasteiger partial charge in [-0.1, -0.05) is 55.5 Å². The lowest BCUT2D eigenvalue weighted by Gasteiger charge is -2.36. The summed E-state index contributed by atoms with van der Waals surface area (Å²) >= 11 is 0. The molecule has 0 N–H and O–H groups in total. The summed E-state index contributed by atoms with van der Waals surface area (Å²) in [6.45, 7) is 10.5. The quantitative estimate of drug-likeness (QED) is 0.745. The minimum atomic E-state index is -1.38. The molecule has 1 aromatic carbocycles. The molecule has 0 bridgehead atoms. The molecule has 94 valence electrons. The third kappa shape index (κ3) is 2.63. The highest BCUT2D eigenvalue weighted by molar-refractivity contribution is 6.90. The van der Waals surface area contributed by atoms with Gasteiger partial charge in [-0.05, 0) is 25.3 Å².